The quantitative estimate of drug-likeness (QED) is 0.489. The number of para-hydroxylation sites is 1. The fourth-order valence-electron chi connectivity index (χ4n) is 3.00. The largest absolute Gasteiger partial charge is 0.340 e. The summed E-state index contributed by atoms with van der Waals surface area (Å²) in [6.45, 7) is 4.44. The van der Waals surface area contributed by atoms with E-state index >= 15 is 0 Å². The first-order valence-corrected chi connectivity index (χ1v) is 8.45. The van der Waals surface area contributed by atoms with Crippen LogP contribution in [0.4, 0.5) is 4.39 Å². The van der Waals surface area contributed by atoms with Crippen molar-refractivity contribution in [2.24, 2.45) is 0 Å². The van der Waals surface area contributed by atoms with Gasteiger partial charge in [0.05, 0.1) is 11.0 Å². The van der Waals surface area contributed by atoms with Crippen LogP contribution in [-0.4, -0.2) is 9.90 Å². The van der Waals surface area contributed by atoms with E-state index < -0.39 is 0 Å². The summed E-state index contributed by atoms with van der Waals surface area (Å²) in [6.07, 6.45) is 0.942. The number of rotatable bonds is 3. The minimum absolute atomic E-state index is 0.0947. The van der Waals surface area contributed by atoms with Crippen LogP contribution in [0.15, 0.2) is 35.1 Å². The molecule has 0 saturated heterocycles. The minimum Gasteiger partial charge on any atom is -0.340 e. The molecule has 2 aromatic carbocycles. The van der Waals surface area contributed by atoms with Crippen LogP contribution < -0.4 is 5.43 Å². The molecular weight excluding hydrogens is 345 g/mol. The molecule has 0 amide bonds. The zero-order chi connectivity index (χ0) is 15.9. The lowest BCUT2D eigenvalue weighted by Gasteiger charge is -2.18. The summed E-state index contributed by atoms with van der Waals surface area (Å²) in [5, 5.41) is 2.00. The minimum atomic E-state index is -0.315. The molecule has 0 fully saturated rings. The highest BCUT2D eigenvalue weighted by molar-refractivity contribution is 9.09. The van der Waals surface area contributed by atoms with Crippen LogP contribution in [0.25, 0.3) is 21.8 Å². The molecule has 0 aliphatic carbocycles. The van der Waals surface area contributed by atoms with Gasteiger partial charge in [0, 0.05) is 22.6 Å². The summed E-state index contributed by atoms with van der Waals surface area (Å²) >= 11 is 3.46. The summed E-state index contributed by atoms with van der Waals surface area (Å²) in [4.78, 5) is 12.7. The fourth-order valence-corrected chi connectivity index (χ4v) is 3.25. The van der Waals surface area contributed by atoms with Gasteiger partial charge in [-0.2, -0.15) is 0 Å². The summed E-state index contributed by atoms with van der Waals surface area (Å²) in [7, 11) is 0. The Morgan fingerprint density at radius 2 is 1.86 bits per heavy atom. The number of pyridine rings is 1. The Balaban J connectivity index is 2.56. The lowest BCUT2D eigenvalue weighted by Crippen LogP contribution is -2.14. The zero-order valence-corrected chi connectivity index (χ0v) is 14.2. The maximum atomic E-state index is 14.1. The second-order valence-electron chi connectivity index (χ2n) is 5.55. The summed E-state index contributed by atoms with van der Waals surface area (Å²) < 4.78 is 16.3. The highest BCUT2D eigenvalue weighted by atomic mass is 79.9. The van der Waals surface area contributed by atoms with Gasteiger partial charge in [0.2, 0.25) is 0 Å². The third kappa shape index (κ3) is 2.26. The molecule has 0 atom stereocenters. The van der Waals surface area contributed by atoms with Crippen molar-refractivity contribution in [2.45, 2.75) is 26.8 Å². The topological polar surface area (TPSA) is 22.0 Å². The van der Waals surface area contributed by atoms with Crippen LogP contribution in [0.3, 0.4) is 0 Å². The van der Waals surface area contributed by atoms with Gasteiger partial charge in [-0.1, -0.05) is 28.1 Å². The highest BCUT2D eigenvalue weighted by Gasteiger charge is 2.15. The van der Waals surface area contributed by atoms with Gasteiger partial charge in [0.15, 0.2) is 5.43 Å². The van der Waals surface area contributed by atoms with E-state index in [-0.39, 0.29) is 11.2 Å². The molecule has 1 heterocycles. The number of hydrogen-bond donors (Lipinski definition) is 0. The molecule has 0 radical (unpaired) electrons. The van der Waals surface area contributed by atoms with Gasteiger partial charge >= 0.3 is 0 Å². The van der Waals surface area contributed by atoms with Crippen LogP contribution in [0.5, 0.6) is 0 Å². The molecule has 4 heteroatoms. The third-order valence-corrected chi connectivity index (χ3v) is 4.83. The Bertz CT molecular complexity index is 930. The monoisotopic (exact) mass is 361 g/mol. The number of aromatic nitrogens is 1. The second kappa shape index (κ2) is 5.84. The van der Waals surface area contributed by atoms with Crippen LogP contribution in [0.1, 0.15) is 17.5 Å². The highest BCUT2D eigenvalue weighted by Crippen LogP contribution is 2.26. The molecule has 0 spiro atoms. The van der Waals surface area contributed by atoms with E-state index in [4.69, 9.17) is 0 Å². The number of aryl methyl sites for hydroxylation is 2. The Morgan fingerprint density at radius 3 is 2.59 bits per heavy atom. The SMILES string of the molecule is Cc1c(F)cc2c(=O)c3ccccc3n(CCCBr)c2c1C. The van der Waals surface area contributed by atoms with Crippen molar-refractivity contribution in [1.82, 2.24) is 4.57 Å². The molecule has 0 saturated carbocycles. The van der Waals surface area contributed by atoms with Crippen molar-refractivity contribution in [3.63, 3.8) is 0 Å². The molecule has 3 aromatic rings. The Labute approximate surface area is 136 Å². The maximum absolute atomic E-state index is 14.1. The van der Waals surface area contributed by atoms with Crippen molar-refractivity contribution >= 4 is 37.7 Å². The van der Waals surface area contributed by atoms with E-state index in [1.807, 2.05) is 31.2 Å². The zero-order valence-electron chi connectivity index (χ0n) is 12.6. The van der Waals surface area contributed by atoms with E-state index in [0.29, 0.717) is 16.3 Å². The molecule has 0 aliphatic heterocycles. The second-order valence-corrected chi connectivity index (χ2v) is 6.34. The Morgan fingerprint density at radius 1 is 1.14 bits per heavy atom. The predicted octanol–water partition coefficient (Wildman–Crippen LogP) is 4.70. The van der Waals surface area contributed by atoms with E-state index in [2.05, 4.69) is 20.5 Å². The number of benzene rings is 2. The Kier molecular flexibility index (Phi) is 4.04. The van der Waals surface area contributed by atoms with Crippen molar-refractivity contribution < 1.29 is 4.39 Å². The lowest BCUT2D eigenvalue weighted by atomic mass is 10.0. The molecule has 0 aliphatic rings. The van der Waals surface area contributed by atoms with Crippen LogP contribution in [0.2, 0.25) is 0 Å². The summed E-state index contributed by atoms with van der Waals surface area (Å²) in [5.74, 6) is -0.315. The van der Waals surface area contributed by atoms with Crippen molar-refractivity contribution in [2.75, 3.05) is 5.33 Å². The average Bonchev–Trinajstić information content (AvgIpc) is 2.53. The molecule has 22 heavy (non-hydrogen) atoms. The van der Waals surface area contributed by atoms with Gasteiger partial charge in [-0.05, 0) is 49.6 Å². The summed E-state index contributed by atoms with van der Waals surface area (Å²) in [6, 6.07) is 8.94. The normalized spacial score (nSPS) is 11.5. The molecule has 3 rings (SSSR count). The number of alkyl halides is 1. The van der Waals surface area contributed by atoms with E-state index in [9.17, 15) is 9.18 Å². The maximum Gasteiger partial charge on any atom is 0.197 e. The molecule has 0 N–H and O–H groups in total. The van der Waals surface area contributed by atoms with E-state index in [0.717, 1.165) is 34.9 Å². The van der Waals surface area contributed by atoms with Crippen molar-refractivity contribution in [3.05, 3.63) is 57.5 Å². The molecule has 0 bridgehead atoms. The van der Waals surface area contributed by atoms with Crippen LogP contribution in [-0.2, 0) is 6.54 Å². The predicted molar refractivity (Wildman–Crippen MR) is 93.6 cm³/mol. The molecule has 0 unspecified atom stereocenters. The first kappa shape index (κ1) is 15.2. The van der Waals surface area contributed by atoms with Gasteiger partial charge in [0.25, 0.3) is 0 Å². The lowest BCUT2D eigenvalue weighted by molar-refractivity contribution is 0.618. The van der Waals surface area contributed by atoms with Crippen LogP contribution in [0, 0.1) is 19.7 Å². The molecular formula is C18H17BrFNO. The van der Waals surface area contributed by atoms with E-state index in [1.54, 1.807) is 6.92 Å². The van der Waals surface area contributed by atoms with Crippen molar-refractivity contribution in [3.8, 4) is 0 Å². The van der Waals surface area contributed by atoms with E-state index in [1.165, 1.54) is 6.07 Å². The molecule has 114 valence electrons. The molecule has 1 aromatic heterocycles. The summed E-state index contributed by atoms with van der Waals surface area (Å²) in [5.41, 5.74) is 3.11. The average molecular weight is 362 g/mol. The first-order chi connectivity index (χ1) is 10.6. The standard InChI is InChI=1S/C18H17BrFNO/c1-11-12(2)17-14(10-15(11)20)18(22)13-6-3-4-7-16(13)21(17)9-5-8-19/h3-4,6-7,10H,5,8-9H2,1-2H3. The van der Waals surface area contributed by atoms with Gasteiger partial charge in [-0.15, -0.1) is 0 Å². The fraction of sp³-hybridized carbons (Fsp3) is 0.278. The molecule has 2 nitrogen and oxygen atoms in total. The Hall–Kier alpha value is -1.68. The smallest absolute Gasteiger partial charge is 0.197 e. The number of halogens is 2. The van der Waals surface area contributed by atoms with Gasteiger partial charge in [-0.25, -0.2) is 4.39 Å². The van der Waals surface area contributed by atoms with Crippen LogP contribution >= 0.6 is 15.9 Å². The van der Waals surface area contributed by atoms with Gasteiger partial charge in [0.1, 0.15) is 5.82 Å². The number of nitrogens with zero attached hydrogens (tertiary/aromatic N) is 1. The number of fused-ring (bicyclic) bond motifs is 2. The van der Waals surface area contributed by atoms with Gasteiger partial charge < -0.3 is 4.57 Å². The van der Waals surface area contributed by atoms with Gasteiger partial charge in [-0.3, -0.25) is 4.79 Å². The first-order valence-electron chi connectivity index (χ1n) is 7.33. The number of hydrogen-bond acceptors (Lipinski definition) is 1. The third-order valence-electron chi connectivity index (χ3n) is 4.27. The van der Waals surface area contributed by atoms with Crippen molar-refractivity contribution in [1.29, 1.82) is 0 Å².